The van der Waals surface area contributed by atoms with Crippen LogP contribution in [-0.4, -0.2) is 28.6 Å². The Hall–Kier alpha value is -4.66. The lowest BCUT2D eigenvalue weighted by atomic mass is 10.1. The number of hydrazone groups is 1. The van der Waals surface area contributed by atoms with Crippen molar-refractivity contribution in [3.8, 4) is 11.3 Å². The predicted octanol–water partition coefficient (Wildman–Crippen LogP) is 6.69. The number of carbonyl (C=O) groups is 3. The number of furan rings is 1. The monoisotopic (exact) mass is 573 g/mol. The van der Waals surface area contributed by atoms with Crippen LogP contribution in [0.4, 0.5) is 5.69 Å². The van der Waals surface area contributed by atoms with Crippen LogP contribution in [0.2, 0.25) is 10.0 Å². The predicted molar refractivity (Wildman–Crippen MR) is 154 cm³/mol. The van der Waals surface area contributed by atoms with E-state index in [1.165, 1.54) is 12.1 Å². The third kappa shape index (κ3) is 5.54. The smallest absolute Gasteiger partial charge is 0.335 e. The third-order valence-corrected chi connectivity index (χ3v) is 6.90. The minimum Gasteiger partial charge on any atom is -0.478 e. The van der Waals surface area contributed by atoms with Crippen LogP contribution in [-0.2, 0) is 11.3 Å². The molecule has 0 atom stereocenters. The summed E-state index contributed by atoms with van der Waals surface area (Å²) in [6.45, 7) is 1.92. The van der Waals surface area contributed by atoms with Crippen molar-refractivity contribution >= 4 is 58.5 Å². The second-order valence-electron chi connectivity index (χ2n) is 8.89. The molecule has 0 bridgehead atoms. The molecule has 1 aliphatic heterocycles. The van der Waals surface area contributed by atoms with E-state index >= 15 is 0 Å². The van der Waals surface area contributed by atoms with Gasteiger partial charge in [0, 0.05) is 17.1 Å². The van der Waals surface area contributed by atoms with Crippen LogP contribution < -0.4 is 10.3 Å². The molecule has 5 rings (SSSR count). The molecule has 0 fully saturated rings. The van der Waals surface area contributed by atoms with Gasteiger partial charge < -0.3 is 14.8 Å². The number of amides is 2. The van der Waals surface area contributed by atoms with E-state index in [0.717, 1.165) is 10.6 Å². The van der Waals surface area contributed by atoms with Gasteiger partial charge in [0.25, 0.3) is 11.8 Å². The van der Waals surface area contributed by atoms with E-state index in [9.17, 15) is 19.5 Å². The highest BCUT2D eigenvalue weighted by molar-refractivity contribution is 6.34. The third-order valence-electron chi connectivity index (χ3n) is 6.21. The van der Waals surface area contributed by atoms with Gasteiger partial charge in [-0.25, -0.2) is 4.79 Å². The number of hydrogen-bond acceptors (Lipinski definition) is 5. The number of halogens is 2. The molecule has 0 unspecified atom stereocenters. The highest BCUT2D eigenvalue weighted by Gasteiger charge is 2.29. The topological polar surface area (TPSA) is 112 Å². The van der Waals surface area contributed by atoms with Gasteiger partial charge in [-0.15, -0.1) is 0 Å². The summed E-state index contributed by atoms with van der Waals surface area (Å²) in [5, 5.41) is 18.4. The van der Waals surface area contributed by atoms with Crippen molar-refractivity contribution in [1.29, 1.82) is 0 Å². The van der Waals surface area contributed by atoms with Gasteiger partial charge >= 0.3 is 5.97 Å². The maximum absolute atomic E-state index is 13.1. The number of aromatic carboxylic acids is 1. The van der Waals surface area contributed by atoms with Gasteiger partial charge in [-0.05, 0) is 73.2 Å². The van der Waals surface area contributed by atoms with E-state index in [1.54, 1.807) is 61.5 Å². The fraction of sp³-hybridized carbons (Fsp3) is 0.0667. The number of anilines is 1. The Morgan fingerprint density at radius 1 is 1.00 bits per heavy atom. The summed E-state index contributed by atoms with van der Waals surface area (Å²) < 4.78 is 5.97. The number of carboxylic acid groups (broad SMARTS) is 1. The number of benzene rings is 3. The van der Waals surface area contributed by atoms with Gasteiger partial charge in [-0.2, -0.15) is 10.1 Å². The molecule has 200 valence electrons. The molecule has 40 heavy (non-hydrogen) atoms. The fourth-order valence-corrected chi connectivity index (χ4v) is 4.53. The Bertz CT molecular complexity index is 1720. The van der Waals surface area contributed by atoms with Crippen molar-refractivity contribution in [3.63, 3.8) is 0 Å². The summed E-state index contributed by atoms with van der Waals surface area (Å²) >= 11 is 12.5. The molecule has 0 aliphatic carbocycles. The Morgan fingerprint density at radius 2 is 1.80 bits per heavy atom. The van der Waals surface area contributed by atoms with Gasteiger partial charge in [0.15, 0.2) is 0 Å². The maximum atomic E-state index is 13.1. The van der Waals surface area contributed by atoms with Crippen LogP contribution in [0.25, 0.3) is 17.4 Å². The Balaban J connectivity index is 1.35. The Morgan fingerprint density at radius 3 is 2.58 bits per heavy atom. The fourth-order valence-electron chi connectivity index (χ4n) is 4.12. The number of carbonyl (C=O) groups excluding carboxylic acids is 2. The quantitative estimate of drug-likeness (QED) is 0.239. The van der Waals surface area contributed by atoms with Crippen molar-refractivity contribution in [2.24, 2.45) is 5.10 Å². The number of hydrogen-bond donors (Lipinski definition) is 2. The number of carboxylic acids is 1. The number of nitrogens with one attached hydrogen (secondary N) is 1. The molecule has 0 radical (unpaired) electrons. The number of nitrogens with zero attached hydrogens (tertiary/aromatic N) is 2. The first-order valence-corrected chi connectivity index (χ1v) is 12.8. The van der Waals surface area contributed by atoms with Gasteiger partial charge in [0.05, 0.1) is 33.1 Å². The molecule has 2 N–H and O–H groups in total. The average Bonchev–Trinajstić information content (AvgIpc) is 3.53. The van der Waals surface area contributed by atoms with Gasteiger partial charge in [0.1, 0.15) is 11.5 Å². The van der Waals surface area contributed by atoms with Crippen LogP contribution in [0.15, 0.2) is 94.0 Å². The maximum Gasteiger partial charge on any atom is 0.335 e. The zero-order valence-corrected chi connectivity index (χ0v) is 22.5. The summed E-state index contributed by atoms with van der Waals surface area (Å²) in [4.78, 5) is 37.3. The summed E-state index contributed by atoms with van der Waals surface area (Å²) in [6.07, 6.45) is 1.57. The van der Waals surface area contributed by atoms with Crippen molar-refractivity contribution in [2.75, 3.05) is 5.01 Å². The van der Waals surface area contributed by atoms with Crippen LogP contribution >= 0.6 is 23.2 Å². The molecule has 8 nitrogen and oxygen atoms in total. The minimum atomic E-state index is -1.10. The second kappa shape index (κ2) is 11.2. The molecule has 2 heterocycles. The van der Waals surface area contributed by atoms with Gasteiger partial charge in [0.2, 0.25) is 0 Å². The van der Waals surface area contributed by atoms with Crippen molar-refractivity contribution in [1.82, 2.24) is 5.32 Å². The van der Waals surface area contributed by atoms with E-state index < -0.39 is 11.9 Å². The highest BCUT2D eigenvalue weighted by atomic mass is 35.5. The van der Waals surface area contributed by atoms with Crippen LogP contribution in [0.3, 0.4) is 0 Å². The van der Waals surface area contributed by atoms with E-state index in [4.69, 9.17) is 27.6 Å². The molecular weight excluding hydrogens is 553 g/mol. The molecular formula is C30H21Cl2N3O5. The highest BCUT2D eigenvalue weighted by Crippen LogP contribution is 2.30. The van der Waals surface area contributed by atoms with Crippen molar-refractivity contribution < 1.29 is 23.9 Å². The van der Waals surface area contributed by atoms with E-state index in [-0.39, 0.29) is 28.6 Å². The summed E-state index contributed by atoms with van der Waals surface area (Å²) in [5.41, 5.74) is 2.82. The lowest BCUT2D eigenvalue weighted by molar-refractivity contribution is -0.114. The first-order chi connectivity index (χ1) is 19.2. The van der Waals surface area contributed by atoms with Gasteiger partial charge in [-0.1, -0.05) is 47.5 Å². The summed E-state index contributed by atoms with van der Waals surface area (Å²) in [5.74, 6) is -1.02. The molecule has 0 saturated carbocycles. The molecule has 0 spiro atoms. The van der Waals surface area contributed by atoms with E-state index in [1.807, 2.05) is 18.2 Å². The van der Waals surface area contributed by atoms with Crippen molar-refractivity contribution in [2.45, 2.75) is 13.5 Å². The Kier molecular flexibility index (Phi) is 7.55. The molecule has 2 amide bonds. The molecule has 10 heteroatoms. The lowest BCUT2D eigenvalue weighted by Crippen LogP contribution is -2.23. The number of rotatable bonds is 7. The van der Waals surface area contributed by atoms with Crippen molar-refractivity contribution in [3.05, 3.63) is 117 Å². The van der Waals surface area contributed by atoms with E-state index in [2.05, 4.69) is 10.4 Å². The zero-order valence-electron chi connectivity index (χ0n) is 21.0. The molecule has 0 saturated heterocycles. The molecule has 1 aliphatic rings. The first kappa shape index (κ1) is 26.9. The summed E-state index contributed by atoms with van der Waals surface area (Å²) in [7, 11) is 0. The molecule has 1 aromatic heterocycles. The van der Waals surface area contributed by atoms with E-state index in [0.29, 0.717) is 39.1 Å². The SMILES string of the molecule is CC1=NN(c2cccc(C(=O)O)c2)C(=O)C1=Cc1ccc(-c2ccc(Cl)c(C(=O)NCc3ccccc3Cl)c2)o1. The van der Waals surface area contributed by atoms with Crippen LogP contribution in [0, 0.1) is 0 Å². The molecule has 3 aromatic carbocycles. The Labute approximate surface area is 239 Å². The van der Waals surface area contributed by atoms with Gasteiger partial charge in [-0.3, -0.25) is 9.59 Å². The normalized spacial score (nSPS) is 14.0. The van der Waals surface area contributed by atoms with Crippen LogP contribution in [0.5, 0.6) is 0 Å². The summed E-state index contributed by atoms with van der Waals surface area (Å²) in [6, 6.07) is 21.6. The second-order valence-corrected chi connectivity index (χ2v) is 9.70. The first-order valence-electron chi connectivity index (χ1n) is 12.1. The lowest BCUT2D eigenvalue weighted by Gasteiger charge is -2.12. The minimum absolute atomic E-state index is 0.0474. The zero-order chi connectivity index (χ0) is 28.4. The average molecular weight is 574 g/mol. The molecule has 4 aromatic rings. The van der Waals surface area contributed by atoms with Crippen LogP contribution in [0.1, 0.15) is 39.0 Å². The standard InChI is InChI=1S/C30H21Cl2N3O5/c1-17-23(29(37)35(34-17)21-7-4-6-19(13-21)30(38)39)15-22-10-12-27(40-22)18-9-11-26(32)24(14-18)28(36)33-16-20-5-2-3-8-25(20)31/h2-15H,16H2,1H3,(H,33,36)(H,38,39). The largest absolute Gasteiger partial charge is 0.478 e.